The summed E-state index contributed by atoms with van der Waals surface area (Å²) in [6.45, 7) is 1.05. The van der Waals surface area contributed by atoms with Crippen molar-refractivity contribution < 1.29 is 4.79 Å². The number of nitrogens with zero attached hydrogens (tertiary/aromatic N) is 1. The van der Waals surface area contributed by atoms with E-state index in [9.17, 15) is 4.79 Å². The van der Waals surface area contributed by atoms with E-state index >= 15 is 0 Å². The predicted octanol–water partition coefficient (Wildman–Crippen LogP) is 5.36. The summed E-state index contributed by atoms with van der Waals surface area (Å²) in [5.74, 6) is 2.55. The number of hydrogen-bond donors (Lipinski definition) is 0. The summed E-state index contributed by atoms with van der Waals surface area (Å²) in [5.41, 5.74) is 3.77. The highest BCUT2D eigenvalue weighted by Gasteiger charge is 2.22. The number of carbonyl (C=O) groups excluding carboxylic acids is 1. The maximum absolute atomic E-state index is 13.0. The summed E-state index contributed by atoms with van der Waals surface area (Å²) in [5, 5.41) is 0. The van der Waals surface area contributed by atoms with Crippen LogP contribution in [0.25, 0.3) is 0 Å². The van der Waals surface area contributed by atoms with E-state index in [1.54, 1.807) is 23.5 Å². The van der Waals surface area contributed by atoms with Crippen molar-refractivity contribution in [3.05, 3.63) is 82.4 Å². The first-order valence-electron chi connectivity index (χ1n) is 9.00. The second kappa shape index (κ2) is 9.89. The van der Waals surface area contributed by atoms with Crippen molar-refractivity contribution in [2.24, 2.45) is 0 Å². The third-order valence-electron chi connectivity index (χ3n) is 4.45. The van der Waals surface area contributed by atoms with Gasteiger partial charge in [-0.2, -0.15) is 0 Å². The van der Waals surface area contributed by atoms with Crippen molar-refractivity contribution in [2.75, 3.05) is 19.3 Å². The number of hydrogen-bond acceptors (Lipinski definition) is 4. The summed E-state index contributed by atoms with van der Waals surface area (Å²) >= 11 is 3.41. The minimum atomic E-state index is 0.274. The molecule has 2 nitrogen and oxygen atoms in total. The molecule has 2 aromatic carbocycles. The summed E-state index contributed by atoms with van der Waals surface area (Å²) in [6.07, 6.45) is 2.16. The molecule has 1 fully saturated rings. The molecule has 136 valence electrons. The Hall–Kier alpha value is -1.65. The Bertz CT molecular complexity index is 743. The molecule has 4 heteroatoms. The molecule has 0 aliphatic carbocycles. The van der Waals surface area contributed by atoms with Crippen LogP contribution in [-0.2, 0) is 16.3 Å². The highest BCUT2D eigenvalue weighted by molar-refractivity contribution is 8.03. The largest absolute Gasteiger partial charge is 0.377 e. The Labute approximate surface area is 165 Å². The van der Waals surface area contributed by atoms with Crippen molar-refractivity contribution in [3.8, 4) is 0 Å². The van der Waals surface area contributed by atoms with Crippen LogP contribution in [0.15, 0.2) is 71.3 Å². The fourth-order valence-corrected chi connectivity index (χ4v) is 5.16. The van der Waals surface area contributed by atoms with Gasteiger partial charge in [-0.3, -0.25) is 4.79 Å². The van der Waals surface area contributed by atoms with E-state index in [2.05, 4.69) is 48.3 Å². The third-order valence-corrected chi connectivity index (χ3v) is 6.69. The molecule has 0 atom stereocenters. The third kappa shape index (κ3) is 5.42. The predicted molar refractivity (Wildman–Crippen MR) is 114 cm³/mol. The lowest BCUT2D eigenvalue weighted by Gasteiger charge is -2.18. The second-order valence-electron chi connectivity index (χ2n) is 6.48. The molecule has 1 saturated heterocycles. The smallest absolute Gasteiger partial charge is 0.180 e. The lowest BCUT2D eigenvalue weighted by Crippen LogP contribution is -2.16. The number of Topliss-reactive ketones (excluding diaryl/α,β-unsaturated/α-hetero) is 1. The van der Waals surface area contributed by atoms with Crippen molar-refractivity contribution in [2.45, 2.75) is 24.3 Å². The fraction of sp³-hybridized carbons (Fsp3) is 0.318. The van der Waals surface area contributed by atoms with Gasteiger partial charge in [0.2, 0.25) is 0 Å². The zero-order valence-corrected chi connectivity index (χ0v) is 16.8. The zero-order valence-electron chi connectivity index (χ0n) is 15.2. The molecule has 0 N–H and O–H groups in total. The summed E-state index contributed by atoms with van der Waals surface area (Å²) in [7, 11) is 2.11. The lowest BCUT2D eigenvalue weighted by atomic mass is 10.2. The molecule has 0 radical (unpaired) electrons. The maximum atomic E-state index is 13.0. The zero-order chi connectivity index (χ0) is 18.2. The van der Waals surface area contributed by atoms with Gasteiger partial charge in [0.05, 0.1) is 10.7 Å². The molecule has 26 heavy (non-hydrogen) atoms. The first kappa shape index (κ1) is 19.1. The molecule has 1 heterocycles. The minimum Gasteiger partial charge on any atom is -0.377 e. The van der Waals surface area contributed by atoms with E-state index in [0.29, 0.717) is 5.75 Å². The van der Waals surface area contributed by atoms with Gasteiger partial charge in [-0.05, 0) is 24.0 Å². The number of allylic oxidation sites excluding steroid dienone is 2. The monoisotopic (exact) mass is 383 g/mol. The number of benzene rings is 2. The van der Waals surface area contributed by atoms with E-state index in [1.165, 1.54) is 16.8 Å². The maximum Gasteiger partial charge on any atom is 0.180 e. The number of likely N-dealkylation sites (tertiary alicyclic amines) is 1. The first-order chi connectivity index (χ1) is 12.7. The van der Waals surface area contributed by atoms with Gasteiger partial charge in [0.25, 0.3) is 0 Å². The van der Waals surface area contributed by atoms with Crippen molar-refractivity contribution in [1.29, 1.82) is 0 Å². The van der Waals surface area contributed by atoms with Crippen LogP contribution in [0.2, 0.25) is 0 Å². The highest BCUT2D eigenvalue weighted by Crippen LogP contribution is 2.33. The number of carbonyl (C=O) groups is 1. The molecular formula is C22H25NOS2. The lowest BCUT2D eigenvalue weighted by molar-refractivity contribution is -0.112. The summed E-state index contributed by atoms with van der Waals surface area (Å²) < 4.78 is 0. The van der Waals surface area contributed by atoms with Crippen LogP contribution in [0, 0.1) is 0 Å². The van der Waals surface area contributed by atoms with Crippen LogP contribution in [0.5, 0.6) is 0 Å². The van der Waals surface area contributed by atoms with Crippen LogP contribution >= 0.6 is 23.5 Å². The fourth-order valence-electron chi connectivity index (χ4n) is 3.05. The quantitative estimate of drug-likeness (QED) is 0.572. The molecule has 1 aliphatic rings. The van der Waals surface area contributed by atoms with Crippen molar-refractivity contribution in [3.63, 3.8) is 0 Å². The number of rotatable bonds is 8. The van der Waals surface area contributed by atoms with Crippen LogP contribution in [0.3, 0.4) is 0 Å². The van der Waals surface area contributed by atoms with Gasteiger partial charge in [-0.25, -0.2) is 0 Å². The Morgan fingerprint density at radius 1 is 0.962 bits per heavy atom. The Kier molecular flexibility index (Phi) is 7.27. The normalized spacial score (nSPS) is 16.0. The molecule has 1 aliphatic heterocycles. The first-order valence-corrected chi connectivity index (χ1v) is 11.1. The van der Waals surface area contributed by atoms with E-state index < -0.39 is 0 Å². The van der Waals surface area contributed by atoms with Crippen LogP contribution < -0.4 is 0 Å². The van der Waals surface area contributed by atoms with Crippen molar-refractivity contribution >= 4 is 29.3 Å². The molecule has 0 bridgehead atoms. The topological polar surface area (TPSA) is 20.3 Å². The van der Waals surface area contributed by atoms with Crippen LogP contribution in [-0.4, -0.2) is 30.0 Å². The molecule has 2 aromatic rings. The Morgan fingerprint density at radius 2 is 1.58 bits per heavy atom. The van der Waals surface area contributed by atoms with Gasteiger partial charge in [-0.1, -0.05) is 60.7 Å². The molecule has 0 unspecified atom stereocenters. The van der Waals surface area contributed by atoms with Crippen LogP contribution in [0.1, 0.15) is 24.0 Å². The minimum absolute atomic E-state index is 0.274. The molecule has 0 spiro atoms. The second-order valence-corrected chi connectivity index (χ2v) is 8.45. The molecule has 0 aromatic heterocycles. The molecule has 0 amide bonds. The summed E-state index contributed by atoms with van der Waals surface area (Å²) in [4.78, 5) is 16.2. The van der Waals surface area contributed by atoms with E-state index in [1.807, 2.05) is 24.3 Å². The average Bonchev–Trinajstić information content (AvgIpc) is 3.09. The Morgan fingerprint density at radius 3 is 2.15 bits per heavy atom. The average molecular weight is 384 g/mol. The standard InChI is InChI=1S/C22H25NOS2/c1-23-14-8-13-20(23)22(26-16-19-11-6-3-7-12-19)21(24)17-25-15-18-9-4-2-5-10-18/h2-7,9-12H,8,13-17H2,1H3/b22-20-. The van der Waals surface area contributed by atoms with E-state index in [4.69, 9.17) is 0 Å². The van der Waals surface area contributed by atoms with Crippen molar-refractivity contribution in [1.82, 2.24) is 4.90 Å². The molecule has 3 rings (SSSR count). The van der Waals surface area contributed by atoms with Gasteiger partial charge in [0.15, 0.2) is 5.78 Å². The van der Waals surface area contributed by atoms with Gasteiger partial charge >= 0.3 is 0 Å². The number of ketones is 1. The van der Waals surface area contributed by atoms with E-state index in [-0.39, 0.29) is 5.78 Å². The van der Waals surface area contributed by atoms with Gasteiger partial charge in [-0.15, -0.1) is 23.5 Å². The van der Waals surface area contributed by atoms with E-state index in [0.717, 1.165) is 35.8 Å². The van der Waals surface area contributed by atoms with Gasteiger partial charge < -0.3 is 4.90 Å². The highest BCUT2D eigenvalue weighted by atomic mass is 32.2. The number of thioether (sulfide) groups is 2. The Balaban J connectivity index is 1.64. The van der Waals surface area contributed by atoms with Gasteiger partial charge in [0.1, 0.15) is 0 Å². The van der Waals surface area contributed by atoms with Crippen LogP contribution in [0.4, 0.5) is 0 Å². The summed E-state index contributed by atoms with van der Waals surface area (Å²) in [6, 6.07) is 20.8. The molecule has 0 saturated carbocycles. The van der Waals surface area contributed by atoms with Gasteiger partial charge in [0, 0.05) is 30.8 Å². The molecular weight excluding hydrogens is 358 g/mol. The SMILES string of the molecule is CN1CCC/C1=C(/SCc1ccccc1)C(=O)CSCc1ccccc1.